The molecular formula is C16H17N3O3. The van der Waals surface area contributed by atoms with E-state index in [1.807, 2.05) is 17.8 Å². The van der Waals surface area contributed by atoms with E-state index in [1.54, 1.807) is 23.4 Å². The van der Waals surface area contributed by atoms with Gasteiger partial charge in [0.15, 0.2) is 0 Å². The Bertz CT molecular complexity index is 723. The number of hydrogen-bond donors (Lipinski definition) is 1. The molecule has 0 radical (unpaired) electrons. The second kappa shape index (κ2) is 5.63. The van der Waals surface area contributed by atoms with Gasteiger partial charge in [0.2, 0.25) is 0 Å². The maximum atomic E-state index is 12.7. The summed E-state index contributed by atoms with van der Waals surface area (Å²) in [5.41, 5.74) is 1.41. The van der Waals surface area contributed by atoms with E-state index in [0.717, 1.165) is 18.5 Å². The number of carboxylic acid groups (broad SMARTS) is 1. The summed E-state index contributed by atoms with van der Waals surface area (Å²) in [4.78, 5) is 29.9. The summed E-state index contributed by atoms with van der Waals surface area (Å²) >= 11 is 0. The minimum absolute atomic E-state index is 0.0396. The molecule has 1 aliphatic rings. The van der Waals surface area contributed by atoms with Gasteiger partial charge in [-0.15, -0.1) is 0 Å². The fourth-order valence-electron chi connectivity index (χ4n) is 2.87. The quantitative estimate of drug-likeness (QED) is 0.941. The van der Waals surface area contributed by atoms with Crippen molar-refractivity contribution in [1.29, 1.82) is 0 Å². The number of carbonyl (C=O) groups excluding carboxylic acids is 1. The molecule has 1 amide bonds. The number of imidazole rings is 1. The Morgan fingerprint density at radius 3 is 2.77 bits per heavy atom. The first-order chi connectivity index (χ1) is 10.6. The van der Waals surface area contributed by atoms with Crippen LogP contribution in [0.2, 0.25) is 0 Å². The van der Waals surface area contributed by atoms with Crippen molar-refractivity contribution in [3.63, 3.8) is 0 Å². The molecule has 114 valence electrons. The molecule has 2 heterocycles. The van der Waals surface area contributed by atoms with Crippen molar-refractivity contribution in [3.8, 4) is 0 Å². The molecule has 22 heavy (non-hydrogen) atoms. The molecule has 0 spiro atoms. The third kappa shape index (κ3) is 2.59. The molecule has 1 aromatic carbocycles. The maximum Gasteiger partial charge on any atom is 0.335 e. The van der Waals surface area contributed by atoms with E-state index in [9.17, 15) is 9.59 Å². The highest BCUT2D eigenvalue weighted by Gasteiger charge is 2.32. The molecular weight excluding hydrogens is 282 g/mol. The van der Waals surface area contributed by atoms with Gasteiger partial charge in [0.25, 0.3) is 5.91 Å². The molecule has 6 nitrogen and oxygen atoms in total. The van der Waals surface area contributed by atoms with Crippen LogP contribution in [0, 0.1) is 0 Å². The Morgan fingerprint density at radius 2 is 2.09 bits per heavy atom. The van der Waals surface area contributed by atoms with Crippen molar-refractivity contribution in [2.45, 2.75) is 18.9 Å². The zero-order valence-electron chi connectivity index (χ0n) is 12.3. The van der Waals surface area contributed by atoms with Crippen LogP contribution in [0.1, 0.15) is 45.3 Å². The highest BCUT2D eigenvalue weighted by Crippen LogP contribution is 2.32. The Labute approximate surface area is 128 Å². The van der Waals surface area contributed by atoms with Gasteiger partial charge in [-0.1, -0.05) is 6.07 Å². The Hall–Kier alpha value is -2.63. The van der Waals surface area contributed by atoms with Crippen LogP contribution in [-0.4, -0.2) is 38.0 Å². The van der Waals surface area contributed by atoms with Crippen molar-refractivity contribution >= 4 is 11.9 Å². The topological polar surface area (TPSA) is 75.4 Å². The average molecular weight is 299 g/mol. The van der Waals surface area contributed by atoms with E-state index >= 15 is 0 Å². The molecule has 1 unspecified atom stereocenters. The van der Waals surface area contributed by atoms with Gasteiger partial charge in [-0.2, -0.15) is 0 Å². The van der Waals surface area contributed by atoms with Crippen LogP contribution >= 0.6 is 0 Å². The summed E-state index contributed by atoms with van der Waals surface area (Å²) in [5.74, 6) is -1.17. The first-order valence-corrected chi connectivity index (χ1v) is 7.18. The molecule has 1 aromatic heterocycles. The predicted octanol–water partition coefficient (Wildman–Crippen LogP) is 2.10. The SMILES string of the molecule is Cn1cnc(C2CCCN2C(=O)c2cccc(C(=O)O)c2)c1. The molecule has 0 saturated carbocycles. The Morgan fingerprint density at radius 1 is 1.32 bits per heavy atom. The largest absolute Gasteiger partial charge is 0.478 e. The summed E-state index contributed by atoms with van der Waals surface area (Å²) in [6.45, 7) is 0.664. The molecule has 3 rings (SSSR count). The maximum absolute atomic E-state index is 12.7. The van der Waals surface area contributed by atoms with Gasteiger partial charge in [-0.3, -0.25) is 4.79 Å². The number of carboxylic acids is 1. The molecule has 1 N–H and O–H groups in total. The lowest BCUT2D eigenvalue weighted by molar-refractivity contribution is 0.0697. The van der Waals surface area contributed by atoms with Gasteiger partial charge < -0.3 is 14.6 Å². The summed E-state index contributed by atoms with van der Waals surface area (Å²) in [7, 11) is 1.90. The molecule has 1 atom stereocenters. The second-order valence-electron chi connectivity index (χ2n) is 5.51. The summed E-state index contributed by atoms with van der Waals surface area (Å²) in [6.07, 6.45) is 5.44. The highest BCUT2D eigenvalue weighted by molar-refractivity contribution is 5.97. The van der Waals surface area contributed by atoms with E-state index in [-0.39, 0.29) is 17.5 Å². The predicted molar refractivity (Wildman–Crippen MR) is 79.6 cm³/mol. The molecule has 1 aliphatic heterocycles. The summed E-state index contributed by atoms with van der Waals surface area (Å²) in [5, 5.41) is 9.05. The monoisotopic (exact) mass is 299 g/mol. The van der Waals surface area contributed by atoms with E-state index in [2.05, 4.69) is 4.98 Å². The number of aromatic carboxylic acids is 1. The van der Waals surface area contributed by atoms with Crippen molar-refractivity contribution < 1.29 is 14.7 Å². The van der Waals surface area contributed by atoms with Gasteiger partial charge in [-0.25, -0.2) is 9.78 Å². The number of carbonyl (C=O) groups is 2. The lowest BCUT2D eigenvalue weighted by Crippen LogP contribution is -2.30. The first-order valence-electron chi connectivity index (χ1n) is 7.18. The third-order valence-electron chi connectivity index (χ3n) is 3.94. The number of aromatic nitrogens is 2. The summed E-state index contributed by atoms with van der Waals surface area (Å²) < 4.78 is 1.86. The summed E-state index contributed by atoms with van der Waals surface area (Å²) in [6, 6.07) is 6.13. The number of aryl methyl sites for hydroxylation is 1. The van der Waals surface area contributed by atoms with Gasteiger partial charge >= 0.3 is 5.97 Å². The number of rotatable bonds is 3. The Kier molecular flexibility index (Phi) is 3.66. The number of amides is 1. The third-order valence-corrected chi connectivity index (χ3v) is 3.94. The van der Waals surface area contributed by atoms with Gasteiger partial charge in [0.05, 0.1) is 23.6 Å². The minimum Gasteiger partial charge on any atom is -0.478 e. The lowest BCUT2D eigenvalue weighted by Gasteiger charge is -2.23. The van der Waals surface area contributed by atoms with Crippen LogP contribution in [0.4, 0.5) is 0 Å². The van der Waals surface area contributed by atoms with Crippen molar-refractivity contribution in [3.05, 3.63) is 53.6 Å². The van der Waals surface area contributed by atoms with Crippen LogP contribution in [0.5, 0.6) is 0 Å². The van der Waals surface area contributed by atoms with E-state index < -0.39 is 5.97 Å². The molecule has 0 aliphatic carbocycles. The van der Waals surface area contributed by atoms with Gasteiger partial charge in [0.1, 0.15) is 0 Å². The minimum atomic E-state index is -1.03. The number of nitrogens with zero attached hydrogens (tertiary/aromatic N) is 3. The fourth-order valence-corrected chi connectivity index (χ4v) is 2.87. The Balaban J connectivity index is 1.87. The lowest BCUT2D eigenvalue weighted by atomic mass is 10.1. The van der Waals surface area contributed by atoms with Crippen molar-refractivity contribution in [2.75, 3.05) is 6.54 Å². The molecule has 1 saturated heterocycles. The first kappa shape index (κ1) is 14.3. The molecule has 2 aromatic rings. The normalized spacial score (nSPS) is 17.7. The highest BCUT2D eigenvalue weighted by atomic mass is 16.4. The molecule has 0 bridgehead atoms. The van der Waals surface area contributed by atoms with Gasteiger partial charge in [-0.05, 0) is 31.0 Å². The van der Waals surface area contributed by atoms with Crippen LogP contribution < -0.4 is 0 Å². The average Bonchev–Trinajstić information content (AvgIpc) is 3.15. The zero-order valence-corrected chi connectivity index (χ0v) is 12.3. The van der Waals surface area contributed by atoms with Crippen LogP contribution in [0.3, 0.4) is 0 Å². The van der Waals surface area contributed by atoms with Crippen LogP contribution in [0.15, 0.2) is 36.8 Å². The van der Waals surface area contributed by atoms with E-state index in [1.165, 1.54) is 12.1 Å². The van der Waals surface area contributed by atoms with Crippen LogP contribution in [0.25, 0.3) is 0 Å². The standard InChI is InChI=1S/C16H17N3O3/c1-18-9-13(17-10-18)14-6-3-7-19(14)15(20)11-4-2-5-12(8-11)16(21)22/h2,4-5,8-10,14H,3,6-7H2,1H3,(H,21,22). The molecule has 6 heteroatoms. The van der Waals surface area contributed by atoms with Gasteiger partial charge in [0, 0.05) is 25.4 Å². The smallest absolute Gasteiger partial charge is 0.335 e. The number of likely N-dealkylation sites (tertiary alicyclic amines) is 1. The number of hydrogen-bond acceptors (Lipinski definition) is 3. The zero-order chi connectivity index (χ0) is 15.7. The van der Waals surface area contributed by atoms with Crippen LogP contribution in [-0.2, 0) is 7.05 Å². The van der Waals surface area contributed by atoms with Crippen molar-refractivity contribution in [2.24, 2.45) is 7.05 Å². The molecule has 1 fully saturated rings. The second-order valence-corrected chi connectivity index (χ2v) is 5.51. The van der Waals surface area contributed by atoms with Crippen molar-refractivity contribution in [1.82, 2.24) is 14.5 Å². The number of benzene rings is 1. The van der Waals surface area contributed by atoms with E-state index in [0.29, 0.717) is 12.1 Å². The fraction of sp³-hybridized carbons (Fsp3) is 0.312. The van der Waals surface area contributed by atoms with E-state index in [4.69, 9.17) is 5.11 Å².